The average Bonchev–Trinajstić information content (AvgIpc) is 3.06. The van der Waals surface area contributed by atoms with Crippen molar-refractivity contribution < 1.29 is 13.2 Å². The van der Waals surface area contributed by atoms with E-state index in [2.05, 4.69) is 30.8 Å². The summed E-state index contributed by atoms with van der Waals surface area (Å²) in [6.07, 6.45) is 3.77. The first-order chi connectivity index (χ1) is 15.3. The number of piperidine rings is 1. The summed E-state index contributed by atoms with van der Waals surface area (Å²) in [6, 6.07) is 8.66. The summed E-state index contributed by atoms with van der Waals surface area (Å²) in [6.45, 7) is 5.28. The summed E-state index contributed by atoms with van der Waals surface area (Å²) >= 11 is 3.34. The van der Waals surface area contributed by atoms with Gasteiger partial charge in [-0.1, -0.05) is 15.9 Å². The molecule has 32 heavy (non-hydrogen) atoms. The van der Waals surface area contributed by atoms with Crippen molar-refractivity contribution in [2.45, 2.75) is 31.1 Å². The van der Waals surface area contributed by atoms with Crippen molar-refractivity contribution in [1.82, 2.24) is 19.2 Å². The van der Waals surface area contributed by atoms with Gasteiger partial charge in [-0.15, -0.1) is 0 Å². The second kappa shape index (κ2) is 9.84. The fourth-order valence-electron chi connectivity index (χ4n) is 4.34. The van der Waals surface area contributed by atoms with Crippen LogP contribution >= 0.6 is 15.9 Å². The molecular formula is C22H28BrN5O3S. The van der Waals surface area contributed by atoms with E-state index in [1.807, 2.05) is 17.9 Å². The molecule has 2 fully saturated rings. The van der Waals surface area contributed by atoms with E-state index in [4.69, 9.17) is 0 Å². The molecule has 1 aromatic heterocycles. The third kappa shape index (κ3) is 5.13. The first-order valence-electron chi connectivity index (χ1n) is 10.9. The standard InChI is InChI=1S/C22H28BrN5O3S/c1-17-15-21(25-16-24-17)26-11-7-18(8-12-26)22(29)27-9-2-10-28(14-13-27)32(30,31)20-5-3-19(23)4-6-20/h3-6,15-16,18H,2,7-14H2,1H3. The van der Waals surface area contributed by atoms with Crippen LogP contribution in [-0.4, -0.2) is 72.8 Å². The van der Waals surface area contributed by atoms with Crippen molar-refractivity contribution in [3.63, 3.8) is 0 Å². The van der Waals surface area contributed by atoms with Crippen LogP contribution in [0.25, 0.3) is 0 Å². The molecule has 0 N–H and O–H groups in total. The summed E-state index contributed by atoms with van der Waals surface area (Å²) in [4.78, 5) is 26.0. The monoisotopic (exact) mass is 521 g/mol. The van der Waals surface area contributed by atoms with E-state index in [1.165, 1.54) is 4.31 Å². The van der Waals surface area contributed by atoms with Crippen LogP contribution in [0.1, 0.15) is 25.0 Å². The predicted octanol–water partition coefficient (Wildman–Crippen LogP) is 2.69. The van der Waals surface area contributed by atoms with Crippen LogP contribution in [0.15, 0.2) is 46.0 Å². The predicted molar refractivity (Wildman–Crippen MR) is 126 cm³/mol. The van der Waals surface area contributed by atoms with Gasteiger partial charge < -0.3 is 9.80 Å². The Morgan fingerprint density at radius 3 is 2.41 bits per heavy atom. The number of anilines is 1. The van der Waals surface area contributed by atoms with Gasteiger partial charge in [-0.2, -0.15) is 4.31 Å². The highest BCUT2D eigenvalue weighted by Gasteiger charge is 2.32. The smallest absolute Gasteiger partial charge is 0.243 e. The van der Waals surface area contributed by atoms with Gasteiger partial charge in [-0.05, 0) is 50.5 Å². The number of aromatic nitrogens is 2. The van der Waals surface area contributed by atoms with Gasteiger partial charge in [0.25, 0.3) is 0 Å². The normalized spacial score (nSPS) is 19.1. The largest absolute Gasteiger partial charge is 0.356 e. The molecule has 2 aliphatic rings. The lowest BCUT2D eigenvalue weighted by Gasteiger charge is -2.34. The van der Waals surface area contributed by atoms with E-state index < -0.39 is 10.0 Å². The van der Waals surface area contributed by atoms with Crippen molar-refractivity contribution in [3.8, 4) is 0 Å². The summed E-state index contributed by atoms with van der Waals surface area (Å²) < 4.78 is 28.4. The Balaban J connectivity index is 1.34. The molecule has 0 aliphatic carbocycles. The summed E-state index contributed by atoms with van der Waals surface area (Å²) in [5.41, 5.74) is 0.931. The van der Waals surface area contributed by atoms with Gasteiger partial charge in [0, 0.05) is 61.4 Å². The minimum Gasteiger partial charge on any atom is -0.356 e. The highest BCUT2D eigenvalue weighted by molar-refractivity contribution is 9.10. The number of halogens is 1. The maximum Gasteiger partial charge on any atom is 0.243 e. The molecule has 3 heterocycles. The van der Waals surface area contributed by atoms with Crippen LogP contribution in [0.3, 0.4) is 0 Å². The first-order valence-corrected chi connectivity index (χ1v) is 13.2. The second-order valence-corrected chi connectivity index (χ2v) is 11.2. The zero-order valence-electron chi connectivity index (χ0n) is 18.2. The lowest BCUT2D eigenvalue weighted by Crippen LogP contribution is -2.44. The minimum atomic E-state index is -3.56. The van der Waals surface area contributed by atoms with Crippen LogP contribution in [0.4, 0.5) is 5.82 Å². The minimum absolute atomic E-state index is 0.0242. The summed E-state index contributed by atoms with van der Waals surface area (Å²) in [5.74, 6) is 1.03. The molecule has 0 unspecified atom stereocenters. The number of carbonyl (C=O) groups is 1. The molecule has 10 heteroatoms. The van der Waals surface area contributed by atoms with Gasteiger partial charge in [0.2, 0.25) is 15.9 Å². The number of carbonyl (C=O) groups excluding carboxylic acids is 1. The van der Waals surface area contributed by atoms with Gasteiger partial charge in [0.15, 0.2) is 0 Å². The van der Waals surface area contributed by atoms with Crippen LogP contribution in [0, 0.1) is 12.8 Å². The topological polar surface area (TPSA) is 86.7 Å². The SMILES string of the molecule is Cc1cc(N2CCC(C(=O)N3CCCN(S(=O)(=O)c4ccc(Br)cc4)CC3)CC2)ncn1. The molecule has 2 saturated heterocycles. The maximum absolute atomic E-state index is 13.2. The lowest BCUT2D eigenvalue weighted by atomic mass is 9.95. The Morgan fingerprint density at radius 1 is 1.00 bits per heavy atom. The quantitative estimate of drug-likeness (QED) is 0.614. The Labute approximate surface area is 197 Å². The molecule has 1 amide bonds. The molecule has 0 spiro atoms. The average molecular weight is 522 g/mol. The Bertz CT molecular complexity index is 1060. The van der Waals surface area contributed by atoms with Gasteiger partial charge in [0.05, 0.1) is 4.90 Å². The highest BCUT2D eigenvalue weighted by Crippen LogP contribution is 2.25. The van der Waals surface area contributed by atoms with Crippen molar-refractivity contribution in [2.24, 2.45) is 5.92 Å². The molecule has 8 nitrogen and oxygen atoms in total. The van der Waals surface area contributed by atoms with Crippen molar-refractivity contribution in [2.75, 3.05) is 44.2 Å². The molecule has 0 radical (unpaired) electrons. The van der Waals surface area contributed by atoms with Gasteiger partial charge in [-0.3, -0.25) is 4.79 Å². The number of benzene rings is 1. The Kier molecular flexibility index (Phi) is 7.11. The number of nitrogens with zero attached hydrogens (tertiary/aromatic N) is 5. The molecule has 172 valence electrons. The van der Waals surface area contributed by atoms with Crippen molar-refractivity contribution in [1.29, 1.82) is 0 Å². The Morgan fingerprint density at radius 2 is 1.72 bits per heavy atom. The first kappa shape index (κ1) is 23.1. The number of amides is 1. The number of sulfonamides is 1. The fourth-order valence-corrected chi connectivity index (χ4v) is 6.07. The highest BCUT2D eigenvalue weighted by atomic mass is 79.9. The Hall–Kier alpha value is -2.04. The van der Waals surface area contributed by atoms with Crippen LogP contribution in [0.2, 0.25) is 0 Å². The van der Waals surface area contributed by atoms with Gasteiger partial charge in [-0.25, -0.2) is 18.4 Å². The van der Waals surface area contributed by atoms with Crippen molar-refractivity contribution >= 4 is 37.7 Å². The molecule has 0 saturated carbocycles. The zero-order chi connectivity index (χ0) is 22.7. The van der Waals surface area contributed by atoms with Crippen LogP contribution in [-0.2, 0) is 14.8 Å². The maximum atomic E-state index is 13.2. The lowest BCUT2D eigenvalue weighted by molar-refractivity contribution is -0.136. The molecule has 2 aliphatic heterocycles. The number of rotatable bonds is 4. The molecule has 0 bridgehead atoms. The molecule has 4 rings (SSSR count). The molecule has 0 atom stereocenters. The van der Waals surface area contributed by atoms with Crippen LogP contribution < -0.4 is 4.90 Å². The van der Waals surface area contributed by atoms with E-state index in [1.54, 1.807) is 30.6 Å². The second-order valence-electron chi connectivity index (χ2n) is 8.32. The van der Waals surface area contributed by atoms with E-state index in [9.17, 15) is 13.2 Å². The molecular weight excluding hydrogens is 494 g/mol. The summed E-state index contributed by atoms with van der Waals surface area (Å²) in [7, 11) is -3.56. The van der Waals surface area contributed by atoms with Gasteiger partial charge >= 0.3 is 0 Å². The van der Waals surface area contributed by atoms with Crippen molar-refractivity contribution in [3.05, 3.63) is 46.8 Å². The van der Waals surface area contributed by atoms with E-state index in [0.717, 1.165) is 41.9 Å². The number of hydrogen-bond acceptors (Lipinski definition) is 6. The van der Waals surface area contributed by atoms with Gasteiger partial charge in [0.1, 0.15) is 12.1 Å². The van der Waals surface area contributed by atoms with E-state index >= 15 is 0 Å². The van der Waals surface area contributed by atoms with E-state index in [-0.39, 0.29) is 16.7 Å². The zero-order valence-corrected chi connectivity index (χ0v) is 20.6. The van der Waals surface area contributed by atoms with E-state index in [0.29, 0.717) is 32.6 Å². The number of hydrogen-bond donors (Lipinski definition) is 0. The fraction of sp³-hybridized carbons (Fsp3) is 0.500. The molecule has 2 aromatic rings. The summed E-state index contributed by atoms with van der Waals surface area (Å²) in [5, 5.41) is 0. The number of aryl methyl sites for hydroxylation is 1. The van der Waals surface area contributed by atoms with Crippen LogP contribution in [0.5, 0.6) is 0 Å². The molecule has 1 aromatic carbocycles. The third-order valence-electron chi connectivity index (χ3n) is 6.18. The third-order valence-corrected chi connectivity index (χ3v) is 8.62.